The Morgan fingerprint density at radius 2 is 2.06 bits per heavy atom. The molecule has 3 heteroatoms. The Kier molecular flexibility index (Phi) is 2.77. The third-order valence-corrected chi connectivity index (χ3v) is 5.55. The van der Waals surface area contributed by atoms with Crippen molar-refractivity contribution in [3.8, 4) is 0 Å². The van der Waals surface area contributed by atoms with Gasteiger partial charge in [0.15, 0.2) is 5.78 Å². The molecule has 2 atom stereocenters. The summed E-state index contributed by atoms with van der Waals surface area (Å²) in [6.07, 6.45) is 14.7. The van der Waals surface area contributed by atoms with Crippen molar-refractivity contribution in [1.82, 2.24) is 0 Å². The van der Waals surface area contributed by atoms with Crippen LogP contribution in [0.15, 0.2) is 29.3 Å². The number of allylic oxidation sites excluding steroid dienone is 4. The molecule has 3 aliphatic rings. The molecule has 0 unspecified atom stereocenters. The number of ketones is 1. The van der Waals surface area contributed by atoms with Gasteiger partial charge in [-0.1, -0.05) is 25.0 Å². The first kappa shape index (κ1) is 12.2. The second-order valence-electron chi connectivity index (χ2n) is 5.78. The van der Waals surface area contributed by atoms with Crippen LogP contribution in [0.2, 0.25) is 0 Å². The van der Waals surface area contributed by atoms with Gasteiger partial charge in [-0.05, 0) is 38.2 Å². The average Bonchev–Trinajstić information content (AvgIpc) is 2.62. The monoisotopic (exact) mass is 261 g/mol. The highest BCUT2D eigenvalue weighted by Crippen LogP contribution is 2.56. The first-order chi connectivity index (χ1) is 8.61. The van der Waals surface area contributed by atoms with E-state index in [2.05, 4.69) is 25.3 Å². The molecule has 0 aromatic heterocycles. The van der Waals surface area contributed by atoms with Gasteiger partial charge < -0.3 is 0 Å². The van der Waals surface area contributed by atoms with Gasteiger partial charge in [-0.15, -0.1) is 11.8 Å². The van der Waals surface area contributed by atoms with E-state index in [0.717, 1.165) is 0 Å². The molecule has 0 N–H and O–H groups in total. The second kappa shape index (κ2) is 4.09. The van der Waals surface area contributed by atoms with Gasteiger partial charge in [-0.25, -0.2) is 0 Å². The smallest absolute Gasteiger partial charge is 0.178 e. The van der Waals surface area contributed by atoms with Crippen molar-refractivity contribution in [3.63, 3.8) is 0 Å². The van der Waals surface area contributed by atoms with Crippen LogP contribution in [0.25, 0.3) is 0 Å². The van der Waals surface area contributed by atoms with Crippen LogP contribution in [-0.4, -0.2) is 22.6 Å². The Hall–Kier alpha value is -0.830. The molecular weight excluding hydrogens is 242 g/mol. The van der Waals surface area contributed by atoms with Gasteiger partial charge in [0.25, 0.3) is 0 Å². The highest BCUT2D eigenvalue weighted by molar-refractivity contribution is 8.13. The largest absolute Gasteiger partial charge is 0.290 e. The van der Waals surface area contributed by atoms with Crippen LogP contribution in [-0.2, 0) is 4.79 Å². The predicted octanol–water partition coefficient (Wildman–Crippen LogP) is 3.39. The van der Waals surface area contributed by atoms with Crippen LogP contribution in [0.3, 0.4) is 0 Å². The summed E-state index contributed by atoms with van der Waals surface area (Å²) < 4.78 is 0. The van der Waals surface area contributed by atoms with Crippen molar-refractivity contribution in [3.05, 3.63) is 24.3 Å². The Bertz CT molecular complexity index is 461. The maximum atomic E-state index is 11.4. The van der Waals surface area contributed by atoms with E-state index >= 15 is 0 Å². The van der Waals surface area contributed by atoms with Crippen molar-refractivity contribution in [1.29, 1.82) is 0 Å². The zero-order valence-corrected chi connectivity index (χ0v) is 11.8. The molecule has 1 aliphatic heterocycles. The third-order valence-electron chi connectivity index (χ3n) is 4.72. The van der Waals surface area contributed by atoms with Crippen LogP contribution < -0.4 is 0 Å². The number of rotatable bonds is 0. The summed E-state index contributed by atoms with van der Waals surface area (Å²) in [6, 6.07) is 0. The van der Waals surface area contributed by atoms with Gasteiger partial charge in [0.1, 0.15) is 0 Å². The molecule has 0 radical (unpaired) electrons. The van der Waals surface area contributed by atoms with Crippen molar-refractivity contribution in [2.75, 3.05) is 6.26 Å². The summed E-state index contributed by atoms with van der Waals surface area (Å²) in [4.78, 5) is 16.4. The number of carbonyl (C=O) groups excluding carboxylic acids is 1. The van der Waals surface area contributed by atoms with Crippen molar-refractivity contribution in [2.24, 2.45) is 16.3 Å². The zero-order chi connectivity index (χ0) is 12.8. The van der Waals surface area contributed by atoms with Gasteiger partial charge in [0.2, 0.25) is 0 Å². The van der Waals surface area contributed by atoms with Crippen molar-refractivity contribution in [2.45, 2.75) is 38.1 Å². The van der Waals surface area contributed by atoms with Gasteiger partial charge in [0.05, 0.1) is 16.0 Å². The van der Waals surface area contributed by atoms with Crippen LogP contribution in [0, 0.1) is 11.3 Å². The summed E-state index contributed by atoms with van der Waals surface area (Å²) in [5, 5.41) is 1.19. The first-order valence-corrected chi connectivity index (χ1v) is 7.90. The van der Waals surface area contributed by atoms with Crippen LogP contribution in [0.4, 0.5) is 0 Å². The molecule has 1 saturated carbocycles. The van der Waals surface area contributed by atoms with Gasteiger partial charge in [-0.2, -0.15) is 0 Å². The van der Waals surface area contributed by atoms with Crippen LogP contribution in [0.1, 0.15) is 32.6 Å². The molecule has 1 fully saturated rings. The Labute approximate surface area is 113 Å². The molecule has 0 bridgehead atoms. The molecule has 0 saturated heterocycles. The fraction of sp³-hybridized carbons (Fsp3) is 0.600. The van der Waals surface area contributed by atoms with E-state index in [1.807, 2.05) is 0 Å². The number of fused-ring (bicyclic) bond motifs is 2. The van der Waals surface area contributed by atoms with E-state index in [1.54, 1.807) is 23.9 Å². The number of carbonyl (C=O) groups is 1. The minimum Gasteiger partial charge on any atom is -0.290 e. The highest BCUT2D eigenvalue weighted by atomic mass is 32.2. The quantitative estimate of drug-likeness (QED) is 0.669. The lowest BCUT2D eigenvalue weighted by molar-refractivity contribution is -0.110. The summed E-state index contributed by atoms with van der Waals surface area (Å²) >= 11 is 1.74. The number of thioether (sulfide) groups is 1. The van der Waals surface area contributed by atoms with E-state index in [1.165, 1.54) is 30.7 Å². The van der Waals surface area contributed by atoms with E-state index in [-0.39, 0.29) is 16.7 Å². The topological polar surface area (TPSA) is 29.4 Å². The average molecular weight is 261 g/mol. The molecule has 18 heavy (non-hydrogen) atoms. The minimum absolute atomic E-state index is 0.0751. The minimum atomic E-state index is -0.0947. The fourth-order valence-electron chi connectivity index (χ4n) is 3.83. The standard InChI is InChI=1S/C15H19NOS/c1-14-8-4-3-5-12(14)15(13(16-14)18-2)9-6-11(17)7-10-15/h6-7,9-10,12H,3-5,8H2,1-2H3/t12-,14+/m0/s1. The summed E-state index contributed by atoms with van der Waals surface area (Å²) in [5.74, 6) is 0.632. The molecule has 96 valence electrons. The number of nitrogens with zero attached hydrogens (tertiary/aromatic N) is 1. The van der Waals surface area contributed by atoms with Crippen LogP contribution >= 0.6 is 11.8 Å². The number of aliphatic imine (C=N–C) groups is 1. The number of hydrogen-bond donors (Lipinski definition) is 0. The van der Waals surface area contributed by atoms with E-state index < -0.39 is 0 Å². The molecule has 1 spiro atoms. The summed E-state index contributed by atoms with van der Waals surface area (Å²) in [6.45, 7) is 2.29. The SMILES string of the molecule is CSC1=N[C@]2(C)CCCC[C@@H]2C12C=CC(=O)C=C2. The molecule has 3 rings (SSSR count). The highest BCUT2D eigenvalue weighted by Gasteiger charge is 2.55. The van der Waals surface area contributed by atoms with E-state index in [4.69, 9.17) is 4.99 Å². The molecule has 0 amide bonds. The molecule has 0 aromatic carbocycles. The number of hydrogen-bond acceptors (Lipinski definition) is 3. The normalized spacial score (nSPS) is 36.9. The Balaban J connectivity index is 2.08. The van der Waals surface area contributed by atoms with Gasteiger partial charge in [0, 0.05) is 5.92 Å². The lowest BCUT2D eigenvalue weighted by atomic mass is 9.62. The summed E-state index contributed by atoms with van der Waals surface area (Å²) in [5.41, 5.74) is -0.0197. The van der Waals surface area contributed by atoms with Crippen molar-refractivity contribution < 1.29 is 4.79 Å². The Morgan fingerprint density at radius 1 is 1.33 bits per heavy atom. The van der Waals surface area contributed by atoms with Crippen molar-refractivity contribution >= 4 is 22.6 Å². The lowest BCUT2D eigenvalue weighted by Crippen LogP contribution is -2.42. The molecular formula is C15H19NOS. The van der Waals surface area contributed by atoms with Gasteiger partial charge in [-0.3, -0.25) is 9.79 Å². The van der Waals surface area contributed by atoms with Gasteiger partial charge >= 0.3 is 0 Å². The third kappa shape index (κ3) is 1.56. The van der Waals surface area contributed by atoms with E-state index in [0.29, 0.717) is 5.92 Å². The van der Waals surface area contributed by atoms with Crippen LogP contribution in [0.5, 0.6) is 0 Å². The lowest BCUT2D eigenvalue weighted by Gasteiger charge is -2.41. The molecule has 1 heterocycles. The maximum absolute atomic E-state index is 11.4. The Morgan fingerprint density at radius 3 is 2.72 bits per heavy atom. The zero-order valence-electron chi connectivity index (χ0n) is 11.0. The molecule has 2 aliphatic carbocycles. The summed E-state index contributed by atoms with van der Waals surface area (Å²) in [7, 11) is 0. The predicted molar refractivity (Wildman–Crippen MR) is 77.0 cm³/mol. The second-order valence-corrected chi connectivity index (χ2v) is 6.57. The fourth-order valence-corrected chi connectivity index (χ4v) is 4.76. The maximum Gasteiger partial charge on any atom is 0.178 e. The molecule has 0 aromatic rings. The molecule has 2 nitrogen and oxygen atoms in total. The first-order valence-electron chi connectivity index (χ1n) is 6.67. The van der Waals surface area contributed by atoms with E-state index in [9.17, 15) is 4.79 Å².